The Morgan fingerprint density at radius 1 is 1.39 bits per heavy atom. The van der Waals surface area contributed by atoms with E-state index in [2.05, 4.69) is 15.3 Å². The van der Waals surface area contributed by atoms with Crippen LogP contribution in [0.3, 0.4) is 0 Å². The summed E-state index contributed by atoms with van der Waals surface area (Å²) in [7, 11) is 0. The number of aromatic nitrogens is 2. The van der Waals surface area contributed by atoms with Gasteiger partial charge in [0.2, 0.25) is 11.8 Å². The summed E-state index contributed by atoms with van der Waals surface area (Å²) in [5.74, 6) is 1.75. The van der Waals surface area contributed by atoms with Crippen LogP contribution in [0, 0.1) is 6.92 Å². The summed E-state index contributed by atoms with van der Waals surface area (Å²) in [6, 6.07) is 7.21. The summed E-state index contributed by atoms with van der Waals surface area (Å²) in [6.07, 6.45) is 1.73. The van der Waals surface area contributed by atoms with Crippen molar-refractivity contribution in [2.45, 2.75) is 13.8 Å². The lowest BCUT2D eigenvalue weighted by molar-refractivity contribution is 0.458. The Kier molecular flexibility index (Phi) is 3.99. The topological polar surface area (TPSA) is 47.0 Å². The Labute approximate surface area is 111 Å². The molecule has 0 fully saturated rings. The fraction of sp³-hybridized carbons (Fsp3) is 0.231. The zero-order chi connectivity index (χ0) is 13.0. The van der Waals surface area contributed by atoms with Gasteiger partial charge in [-0.3, -0.25) is 0 Å². The molecule has 0 amide bonds. The molecule has 2 rings (SSSR count). The Hall–Kier alpha value is -1.81. The van der Waals surface area contributed by atoms with Gasteiger partial charge >= 0.3 is 0 Å². The standard InChI is InChI=1S/C13H14ClN3O/c1-3-15-13-16-8-9(2)12(17-13)18-11-6-4-5-10(14)7-11/h4-8H,3H2,1-2H3,(H,15,16,17). The molecule has 1 aromatic heterocycles. The minimum atomic E-state index is 0.531. The van der Waals surface area contributed by atoms with Crippen molar-refractivity contribution in [1.29, 1.82) is 0 Å². The first-order chi connectivity index (χ1) is 8.69. The van der Waals surface area contributed by atoms with E-state index in [0.29, 0.717) is 22.6 Å². The number of rotatable bonds is 4. The van der Waals surface area contributed by atoms with Crippen LogP contribution in [0.15, 0.2) is 30.5 Å². The van der Waals surface area contributed by atoms with E-state index in [0.717, 1.165) is 12.1 Å². The fourth-order valence-electron chi connectivity index (χ4n) is 1.42. The highest BCUT2D eigenvalue weighted by molar-refractivity contribution is 6.30. The molecule has 0 radical (unpaired) electrons. The zero-order valence-corrected chi connectivity index (χ0v) is 11.0. The first-order valence-electron chi connectivity index (χ1n) is 5.70. The minimum absolute atomic E-state index is 0.531. The smallest absolute Gasteiger partial charge is 0.226 e. The molecule has 4 nitrogen and oxygen atoms in total. The van der Waals surface area contributed by atoms with Crippen molar-refractivity contribution in [2.75, 3.05) is 11.9 Å². The van der Waals surface area contributed by atoms with Crippen molar-refractivity contribution in [3.63, 3.8) is 0 Å². The number of nitrogens with zero attached hydrogens (tertiary/aromatic N) is 2. The van der Waals surface area contributed by atoms with Gasteiger partial charge in [-0.15, -0.1) is 0 Å². The van der Waals surface area contributed by atoms with Gasteiger partial charge in [-0.25, -0.2) is 4.98 Å². The molecule has 94 valence electrons. The molecule has 0 aliphatic heterocycles. The third-order valence-corrected chi connectivity index (χ3v) is 2.51. The van der Waals surface area contributed by atoms with Gasteiger partial charge in [-0.2, -0.15) is 4.98 Å². The van der Waals surface area contributed by atoms with Crippen LogP contribution in [0.1, 0.15) is 12.5 Å². The highest BCUT2D eigenvalue weighted by atomic mass is 35.5. The third kappa shape index (κ3) is 3.11. The number of halogens is 1. The molecule has 0 unspecified atom stereocenters. The van der Waals surface area contributed by atoms with Crippen molar-refractivity contribution in [3.8, 4) is 11.6 Å². The van der Waals surface area contributed by atoms with Crippen molar-refractivity contribution >= 4 is 17.5 Å². The quantitative estimate of drug-likeness (QED) is 0.914. The second-order valence-electron chi connectivity index (χ2n) is 3.77. The first-order valence-corrected chi connectivity index (χ1v) is 6.07. The Balaban J connectivity index is 2.25. The molecule has 0 spiro atoms. The van der Waals surface area contributed by atoms with Crippen molar-refractivity contribution < 1.29 is 4.74 Å². The second-order valence-corrected chi connectivity index (χ2v) is 4.21. The van der Waals surface area contributed by atoms with Gasteiger partial charge in [0.15, 0.2) is 0 Å². The van der Waals surface area contributed by atoms with Crippen molar-refractivity contribution in [2.24, 2.45) is 0 Å². The van der Waals surface area contributed by atoms with E-state index in [1.54, 1.807) is 18.3 Å². The van der Waals surface area contributed by atoms with Crippen LogP contribution < -0.4 is 10.1 Å². The summed E-state index contributed by atoms with van der Waals surface area (Å²) in [5, 5.41) is 3.67. The molecule has 0 aliphatic rings. The van der Waals surface area contributed by atoms with E-state index in [1.807, 2.05) is 26.0 Å². The molecule has 0 saturated heterocycles. The Morgan fingerprint density at radius 3 is 2.94 bits per heavy atom. The van der Waals surface area contributed by atoms with Crippen LogP contribution >= 0.6 is 11.6 Å². The summed E-state index contributed by atoms with van der Waals surface area (Å²) < 4.78 is 5.70. The molecule has 2 aromatic rings. The number of hydrogen-bond acceptors (Lipinski definition) is 4. The molecular weight excluding hydrogens is 250 g/mol. The van der Waals surface area contributed by atoms with E-state index >= 15 is 0 Å². The molecular formula is C13H14ClN3O. The number of aryl methyl sites for hydroxylation is 1. The van der Waals surface area contributed by atoms with Crippen LogP contribution in [-0.2, 0) is 0 Å². The normalized spacial score (nSPS) is 10.2. The molecule has 1 aromatic carbocycles. The number of benzene rings is 1. The third-order valence-electron chi connectivity index (χ3n) is 2.27. The monoisotopic (exact) mass is 263 g/mol. The predicted molar refractivity (Wildman–Crippen MR) is 72.5 cm³/mol. The van der Waals surface area contributed by atoms with E-state index < -0.39 is 0 Å². The van der Waals surface area contributed by atoms with Gasteiger partial charge in [0.1, 0.15) is 5.75 Å². The molecule has 0 bridgehead atoms. The average Bonchev–Trinajstić information content (AvgIpc) is 2.34. The summed E-state index contributed by atoms with van der Waals surface area (Å²) in [5.41, 5.74) is 0.872. The second kappa shape index (κ2) is 5.69. The maximum Gasteiger partial charge on any atom is 0.226 e. The molecule has 0 aliphatic carbocycles. The highest BCUT2D eigenvalue weighted by Gasteiger charge is 2.06. The largest absolute Gasteiger partial charge is 0.439 e. The lowest BCUT2D eigenvalue weighted by Gasteiger charge is -2.09. The van der Waals surface area contributed by atoms with E-state index in [9.17, 15) is 0 Å². The highest BCUT2D eigenvalue weighted by Crippen LogP contribution is 2.25. The van der Waals surface area contributed by atoms with Crippen LogP contribution in [0.5, 0.6) is 11.6 Å². The van der Waals surface area contributed by atoms with Gasteiger partial charge in [0.25, 0.3) is 0 Å². The Morgan fingerprint density at radius 2 is 2.22 bits per heavy atom. The lowest BCUT2D eigenvalue weighted by Crippen LogP contribution is -2.03. The summed E-state index contributed by atoms with van der Waals surface area (Å²) in [6.45, 7) is 4.65. The van der Waals surface area contributed by atoms with Crippen molar-refractivity contribution in [1.82, 2.24) is 9.97 Å². The van der Waals surface area contributed by atoms with Crippen LogP contribution in [-0.4, -0.2) is 16.5 Å². The molecule has 1 N–H and O–H groups in total. The van der Waals surface area contributed by atoms with Gasteiger partial charge in [0.05, 0.1) is 0 Å². The van der Waals surface area contributed by atoms with E-state index in [1.165, 1.54) is 0 Å². The van der Waals surface area contributed by atoms with Crippen LogP contribution in [0.4, 0.5) is 5.95 Å². The van der Waals surface area contributed by atoms with Crippen LogP contribution in [0.2, 0.25) is 5.02 Å². The van der Waals surface area contributed by atoms with E-state index in [-0.39, 0.29) is 0 Å². The molecule has 18 heavy (non-hydrogen) atoms. The first kappa shape index (κ1) is 12.6. The Bertz CT molecular complexity index is 546. The number of anilines is 1. The number of hydrogen-bond donors (Lipinski definition) is 1. The summed E-state index contributed by atoms with van der Waals surface area (Å²) >= 11 is 5.91. The fourth-order valence-corrected chi connectivity index (χ4v) is 1.60. The molecule has 5 heteroatoms. The van der Waals surface area contributed by atoms with Crippen molar-refractivity contribution in [3.05, 3.63) is 41.0 Å². The number of nitrogens with one attached hydrogen (secondary N) is 1. The van der Waals surface area contributed by atoms with E-state index in [4.69, 9.17) is 16.3 Å². The van der Waals surface area contributed by atoms with Gasteiger partial charge in [-0.05, 0) is 32.0 Å². The van der Waals surface area contributed by atoms with Gasteiger partial charge in [-0.1, -0.05) is 17.7 Å². The minimum Gasteiger partial charge on any atom is -0.439 e. The lowest BCUT2D eigenvalue weighted by atomic mass is 10.3. The SMILES string of the molecule is CCNc1ncc(C)c(Oc2cccc(Cl)c2)n1. The summed E-state index contributed by atoms with van der Waals surface area (Å²) in [4.78, 5) is 8.46. The van der Waals surface area contributed by atoms with Gasteiger partial charge in [0, 0.05) is 23.3 Å². The molecule has 0 saturated carbocycles. The number of ether oxygens (including phenoxy) is 1. The van der Waals surface area contributed by atoms with Crippen LogP contribution in [0.25, 0.3) is 0 Å². The predicted octanol–water partition coefficient (Wildman–Crippen LogP) is 3.66. The zero-order valence-electron chi connectivity index (χ0n) is 10.3. The maximum atomic E-state index is 5.91. The molecule has 1 heterocycles. The van der Waals surface area contributed by atoms with Gasteiger partial charge < -0.3 is 10.1 Å². The maximum absolute atomic E-state index is 5.91. The average molecular weight is 264 g/mol. The molecule has 0 atom stereocenters.